The molecule has 30 heteroatoms. The number of nitrogens with zero attached hydrogens (tertiary/aromatic N) is 1. The SMILES string of the molecule is CNC(=N)NCCC[C@H](NC(=O)[C@H](CC(C)C)NC(=O)NNC(=O)[C@H](Cc1ccccc1)NC(=O)[C@@H](NC(=O)[C@H](CC(N)=O)NC(=O)[C@@H]1C[C@@H](O)CN1C(=O)[C@@H](Cc1ccc(O)cc1)NC(C)=O)[C@@H](C)O)C(=O)N[C@@H](Cc1c[nH]c2ccccc12)C(N)=O. The Hall–Kier alpha value is -9.84. The van der Waals surface area contributed by atoms with E-state index < -0.39 is 132 Å². The number of aliphatic hydroxyl groups is 2. The number of amides is 12. The number of carbonyl (C=O) groups excluding carboxylic acids is 11. The lowest BCUT2D eigenvalue weighted by Crippen LogP contribution is -2.62. The van der Waals surface area contributed by atoms with Crippen molar-refractivity contribution in [1.82, 2.24) is 68.6 Å². The maximum absolute atomic E-state index is 14.1. The van der Waals surface area contributed by atoms with Crippen LogP contribution >= 0.6 is 0 Å². The van der Waals surface area contributed by atoms with Gasteiger partial charge in [-0.3, -0.25) is 58.8 Å². The number of fused-ring (bicyclic) bond motifs is 1. The lowest BCUT2D eigenvalue weighted by Gasteiger charge is -2.30. The first-order chi connectivity index (χ1) is 41.7. The summed E-state index contributed by atoms with van der Waals surface area (Å²) >= 11 is 0. The molecule has 10 atom stereocenters. The number of primary amides is 2. The molecule has 88 heavy (non-hydrogen) atoms. The number of urea groups is 1. The number of para-hydroxylation sites is 1. The van der Waals surface area contributed by atoms with E-state index in [1.165, 1.54) is 38.2 Å². The zero-order chi connectivity index (χ0) is 64.8. The van der Waals surface area contributed by atoms with E-state index in [9.17, 15) is 68.1 Å². The number of carbonyl (C=O) groups is 11. The number of aromatic nitrogens is 1. The monoisotopic (exact) mass is 1220 g/mol. The number of benzene rings is 3. The molecule has 0 radical (unpaired) electrons. The molecular formula is C58H80N16O14. The number of hydrogen-bond donors (Lipinski definition) is 18. The van der Waals surface area contributed by atoms with Crippen molar-refractivity contribution < 1.29 is 68.1 Å². The number of phenols is 1. The average Bonchev–Trinajstić information content (AvgIpc) is 2.76. The highest BCUT2D eigenvalue weighted by molar-refractivity contribution is 5.99. The second-order valence-electron chi connectivity index (χ2n) is 21.8. The van der Waals surface area contributed by atoms with E-state index in [-0.39, 0.29) is 75.7 Å². The molecule has 0 bridgehead atoms. The van der Waals surface area contributed by atoms with Crippen molar-refractivity contribution in [2.45, 2.75) is 140 Å². The van der Waals surface area contributed by atoms with Gasteiger partial charge in [0.1, 0.15) is 54.1 Å². The quantitative estimate of drug-likeness (QED) is 0.0106. The summed E-state index contributed by atoms with van der Waals surface area (Å²) in [7, 11) is 1.54. The third-order valence-electron chi connectivity index (χ3n) is 14.2. The van der Waals surface area contributed by atoms with Crippen LogP contribution in [-0.2, 0) is 67.2 Å². The largest absolute Gasteiger partial charge is 0.508 e. The molecule has 0 aliphatic carbocycles. The number of nitrogens with one attached hydrogen (secondary N) is 13. The second-order valence-corrected chi connectivity index (χ2v) is 21.8. The molecule has 20 N–H and O–H groups in total. The summed E-state index contributed by atoms with van der Waals surface area (Å²) < 4.78 is 0. The Balaban J connectivity index is 1.27. The van der Waals surface area contributed by atoms with Crippen LogP contribution < -0.4 is 70.2 Å². The average molecular weight is 1230 g/mol. The van der Waals surface area contributed by atoms with E-state index in [2.05, 4.69) is 63.7 Å². The van der Waals surface area contributed by atoms with E-state index in [0.29, 0.717) is 16.7 Å². The van der Waals surface area contributed by atoms with Crippen LogP contribution in [-0.4, -0.2) is 177 Å². The van der Waals surface area contributed by atoms with E-state index in [1.54, 1.807) is 50.4 Å². The van der Waals surface area contributed by atoms with E-state index in [1.807, 2.05) is 24.3 Å². The normalized spacial score (nSPS) is 16.3. The predicted molar refractivity (Wildman–Crippen MR) is 319 cm³/mol. The summed E-state index contributed by atoms with van der Waals surface area (Å²) in [6.07, 6.45) is -2.51. The summed E-state index contributed by atoms with van der Waals surface area (Å²) in [6.45, 7) is 5.66. The molecule has 5 rings (SSSR count). The van der Waals surface area contributed by atoms with E-state index >= 15 is 0 Å². The summed E-state index contributed by atoms with van der Waals surface area (Å²) in [5.74, 6) is -9.62. The van der Waals surface area contributed by atoms with Gasteiger partial charge in [-0.15, -0.1) is 0 Å². The van der Waals surface area contributed by atoms with Gasteiger partial charge >= 0.3 is 6.03 Å². The number of β-amino-alcohol motifs (C(OH)–C–C–N with tert-alkyl or cyclic N) is 1. The fourth-order valence-corrected chi connectivity index (χ4v) is 9.74. The number of H-pyrrole nitrogens is 1. The Morgan fingerprint density at radius 1 is 0.682 bits per heavy atom. The van der Waals surface area contributed by atoms with Gasteiger partial charge < -0.3 is 84.5 Å². The van der Waals surface area contributed by atoms with Crippen molar-refractivity contribution in [2.24, 2.45) is 17.4 Å². The first-order valence-electron chi connectivity index (χ1n) is 28.5. The van der Waals surface area contributed by atoms with Crippen LogP contribution in [0.25, 0.3) is 10.9 Å². The van der Waals surface area contributed by atoms with Crippen molar-refractivity contribution >= 4 is 82.0 Å². The molecule has 3 aromatic carbocycles. The molecule has 4 aromatic rings. The topological polar surface area (TPSA) is 476 Å². The minimum absolute atomic E-state index is 0.00174. The van der Waals surface area contributed by atoms with Gasteiger partial charge in [0.2, 0.25) is 53.2 Å². The number of guanidine groups is 1. The van der Waals surface area contributed by atoms with E-state index in [0.717, 1.165) is 22.7 Å². The van der Waals surface area contributed by atoms with Crippen LogP contribution in [0.2, 0.25) is 0 Å². The molecule has 30 nitrogen and oxygen atoms in total. The highest BCUT2D eigenvalue weighted by Gasteiger charge is 2.43. The standard InChI is InChI=1S/C58H80N16O14/c1-30(2)22-42(51(82)66-40(16-11-21-63-57(61)62-5)50(81)67-41(49(60)80)25-35-28-64-39-15-10-9-14-38(35)39)70-58(88)73-72-53(84)43(23-33-12-7-6-8-13-33)69-55(86)48(31(3)75)71-52(83)44(27-47(59)79)68-54(85)46-26-37(78)29-74(46)56(87)45(65-32(4)76)24-34-17-19-36(77)20-18-34/h6-10,12-15,17-20,28,30-31,37,40-46,48,64,75,77-78H,11,16,21-27,29H2,1-5H3,(H2,59,79)(H2,60,80)(H,65,76)(H,66,82)(H,67,81)(H,68,85)(H,69,86)(H,71,83)(H,72,84)(H3,61,62,63)(H2,70,73,88)/t31-,37-,40+,41+,42+,43+,44+,45-,46+,48+/m1/s1. The van der Waals surface area contributed by atoms with Gasteiger partial charge in [0.15, 0.2) is 5.96 Å². The van der Waals surface area contributed by atoms with Crippen molar-refractivity contribution in [3.8, 4) is 5.75 Å². The van der Waals surface area contributed by atoms with Gasteiger partial charge in [-0.1, -0.05) is 74.5 Å². The molecule has 1 aliphatic heterocycles. The number of nitrogens with two attached hydrogens (primary N) is 2. The molecule has 12 amide bonds. The first-order valence-corrected chi connectivity index (χ1v) is 28.5. The Kier molecular flexibility index (Phi) is 26.0. The second kappa shape index (κ2) is 33.2. The Labute approximate surface area is 507 Å². The molecule has 2 heterocycles. The summed E-state index contributed by atoms with van der Waals surface area (Å²) in [6, 6.07) is 8.39. The zero-order valence-corrected chi connectivity index (χ0v) is 49.4. The third-order valence-corrected chi connectivity index (χ3v) is 14.2. The minimum Gasteiger partial charge on any atom is -0.508 e. The highest BCUT2D eigenvalue weighted by atomic mass is 16.3. The van der Waals surface area contributed by atoms with Crippen LogP contribution in [0.5, 0.6) is 5.75 Å². The zero-order valence-electron chi connectivity index (χ0n) is 49.4. The first kappa shape index (κ1) is 68.9. The van der Waals surface area contributed by atoms with Crippen molar-refractivity contribution in [3.05, 3.63) is 102 Å². The molecule has 0 unspecified atom stereocenters. The van der Waals surface area contributed by atoms with Crippen LogP contribution in [0, 0.1) is 11.3 Å². The molecule has 1 aromatic heterocycles. The van der Waals surface area contributed by atoms with Gasteiger partial charge in [-0.25, -0.2) is 10.2 Å². The Morgan fingerprint density at radius 2 is 1.30 bits per heavy atom. The number of likely N-dealkylation sites (tertiary alicyclic amines) is 1. The molecule has 1 saturated heterocycles. The van der Waals surface area contributed by atoms with Crippen LogP contribution in [0.3, 0.4) is 0 Å². The fraction of sp³-hybridized carbons (Fsp3) is 0.448. The van der Waals surface area contributed by atoms with Gasteiger partial charge in [0.25, 0.3) is 5.91 Å². The maximum Gasteiger partial charge on any atom is 0.334 e. The molecule has 0 saturated carbocycles. The summed E-state index contributed by atoms with van der Waals surface area (Å²) in [4.78, 5) is 153. The van der Waals surface area contributed by atoms with Crippen molar-refractivity contribution in [1.29, 1.82) is 5.41 Å². The summed E-state index contributed by atoms with van der Waals surface area (Å²) in [5.41, 5.74) is 18.1. The van der Waals surface area contributed by atoms with Crippen LogP contribution in [0.15, 0.2) is 85.1 Å². The minimum atomic E-state index is -1.90. The van der Waals surface area contributed by atoms with Crippen molar-refractivity contribution in [2.75, 3.05) is 20.1 Å². The lowest BCUT2D eigenvalue weighted by molar-refractivity contribution is -0.142. The van der Waals surface area contributed by atoms with Gasteiger partial charge in [-0.05, 0) is 67.0 Å². The van der Waals surface area contributed by atoms with Crippen molar-refractivity contribution in [3.63, 3.8) is 0 Å². The van der Waals surface area contributed by atoms with Crippen LogP contribution in [0.4, 0.5) is 4.79 Å². The maximum atomic E-state index is 14.1. The number of aromatic amines is 1. The molecule has 1 aliphatic rings. The number of phenolic OH excluding ortho intramolecular Hbond substituents is 1. The Morgan fingerprint density at radius 3 is 1.93 bits per heavy atom. The Bertz CT molecular complexity index is 3120. The third kappa shape index (κ3) is 21.3. The number of hydrazine groups is 1. The molecular weight excluding hydrogens is 1140 g/mol. The van der Waals surface area contributed by atoms with Gasteiger partial charge in [0.05, 0.1) is 18.6 Å². The van der Waals surface area contributed by atoms with E-state index in [4.69, 9.17) is 16.9 Å². The molecule has 1 fully saturated rings. The number of aromatic hydroxyl groups is 1. The lowest BCUT2D eigenvalue weighted by atomic mass is 10.0. The smallest absolute Gasteiger partial charge is 0.334 e. The number of hydrogen-bond acceptors (Lipinski definition) is 15. The molecule has 476 valence electrons. The fourth-order valence-electron chi connectivity index (χ4n) is 9.74. The highest BCUT2D eigenvalue weighted by Crippen LogP contribution is 2.23. The summed E-state index contributed by atoms with van der Waals surface area (Å²) in [5, 5.41) is 62.9. The number of rotatable bonds is 30. The molecule has 0 spiro atoms. The van der Waals surface area contributed by atoms with Gasteiger partial charge in [0, 0.05) is 69.8 Å². The van der Waals surface area contributed by atoms with Crippen LogP contribution in [0.1, 0.15) is 76.5 Å². The number of aliphatic hydroxyl groups excluding tert-OH is 2. The van der Waals surface area contributed by atoms with Gasteiger partial charge in [-0.2, -0.15) is 0 Å². The predicted octanol–water partition coefficient (Wildman–Crippen LogP) is -3.20.